The van der Waals surface area contributed by atoms with Gasteiger partial charge in [-0.3, -0.25) is 0 Å². The van der Waals surface area contributed by atoms with Crippen LogP contribution in [0.4, 0.5) is 0 Å². The molecule has 0 radical (unpaired) electrons. The van der Waals surface area contributed by atoms with Crippen molar-refractivity contribution in [2.24, 2.45) is 0 Å². The summed E-state index contributed by atoms with van der Waals surface area (Å²) in [6.45, 7) is 0. The topological polar surface area (TPSA) is 29.5 Å². The Balaban J connectivity index is 2.09. The van der Waals surface area contributed by atoms with Crippen LogP contribution in [0.1, 0.15) is 16.5 Å². The fourth-order valence-corrected chi connectivity index (χ4v) is 3.87. The van der Waals surface area contributed by atoms with E-state index in [0.29, 0.717) is 0 Å². The predicted molar refractivity (Wildman–Crippen MR) is 76.8 cm³/mol. The SMILES string of the molecule is COc1ccsc1C(O)c1csc2ccccc12. The van der Waals surface area contributed by atoms with E-state index in [-0.39, 0.29) is 0 Å². The molecule has 2 heterocycles. The van der Waals surface area contributed by atoms with Crippen molar-refractivity contribution in [3.8, 4) is 5.75 Å². The number of hydrogen-bond acceptors (Lipinski definition) is 4. The summed E-state index contributed by atoms with van der Waals surface area (Å²) in [5.41, 5.74) is 0.955. The summed E-state index contributed by atoms with van der Waals surface area (Å²) in [7, 11) is 1.63. The lowest BCUT2D eigenvalue weighted by Gasteiger charge is -2.10. The Kier molecular flexibility index (Phi) is 3.07. The second-order valence-electron chi connectivity index (χ2n) is 3.94. The number of fused-ring (bicyclic) bond motifs is 1. The molecule has 18 heavy (non-hydrogen) atoms. The monoisotopic (exact) mass is 276 g/mol. The number of methoxy groups -OCH3 is 1. The van der Waals surface area contributed by atoms with Crippen molar-refractivity contribution in [3.05, 3.63) is 51.5 Å². The summed E-state index contributed by atoms with van der Waals surface area (Å²) in [6, 6.07) is 10.0. The number of aliphatic hydroxyl groups excluding tert-OH is 1. The Morgan fingerprint density at radius 3 is 2.83 bits per heavy atom. The summed E-state index contributed by atoms with van der Waals surface area (Å²) in [4.78, 5) is 0.862. The highest BCUT2D eigenvalue weighted by molar-refractivity contribution is 7.17. The summed E-state index contributed by atoms with van der Waals surface area (Å²) >= 11 is 3.18. The van der Waals surface area contributed by atoms with Gasteiger partial charge in [-0.1, -0.05) is 18.2 Å². The lowest BCUT2D eigenvalue weighted by Crippen LogP contribution is -1.98. The van der Waals surface area contributed by atoms with Crippen LogP contribution in [-0.4, -0.2) is 12.2 Å². The first-order valence-corrected chi connectivity index (χ1v) is 7.32. The van der Waals surface area contributed by atoms with Gasteiger partial charge in [-0.15, -0.1) is 22.7 Å². The molecular weight excluding hydrogens is 264 g/mol. The first kappa shape index (κ1) is 11.7. The molecular formula is C14H12O2S2. The minimum atomic E-state index is -0.615. The molecule has 0 saturated carbocycles. The third kappa shape index (κ3) is 1.82. The molecule has 0 spiro atoms. The molecule has 0 amide bonds. The van der Waals surface area contributed by atoms with Gasteiger partial charge in [0.15, 0.2) is 0 Å². The minimum Gasteiger partial charge on any atom is -0.495 e. The van der Waals surface area contributed by atoms with Crippen LogP contribution in [0.15, 0.2) is 41.1 Å². The lowest BCUT2D eigenvalue weighted by atomic mass is 10.1. The fourth-order valence-electron chi connectivity index (χ4n) is 2.03. The van der Waals surface area contributed by atoms with E-state index in [0.717, 1.165) is 21.6 Å². The molecule has 2 aromatic heterocycles. The summed E-state index contributed by atoms with van der Waals surface area (Å²) in [5.74, 6) is 0.753. The van der Waals surface area contributed by atoms with Gasteiger partial charge in [0.05, 0.1) is 12.0 Å². The van der Waals surface area contributed by atoms with Crippen LogP contribution in [0, 0.1) is 0 Å². The largest absolute Gasteiger partial charge is 0.495 e. The molecule has 0 aliphatic rings. The smallest absolute Gasteiger partial charge is 0.135 e. The standard InChI is InChI=1S/C14H12O2S2/c1-16-11-6-7-17-14(11)13(15)10-8-18-12-5-3-2-4-9(10)12/h2-8,13,15H,1H3. The number of benzene rings is 1. The van der Waals surface area contributed by atoms with Gasteiger partial charge in [0.1, 0.15) is 11.9 Å². The maximum atomic E-state index is 10.5. The van der Waals surface area contributed by atoms with Crippen molar-refractivity contribution in [3.63, 3.8) is 0 Å². The van der Waals surface area contributed by atoms with Crippen LogP contribution in [0.2, 0.25) is 0 Å². The first-order valence-electron chi connectivity index (χ1n) is 5.57. The Morgan fingerprint density at radius 1 is 1.17 bits per heavy atom. The van der Waals surface area contributed by atoms with Gasteiger partial charge in [0.2, 0.25) is 0 Å². The first-order chi connectivity index (χ1) is 8.81. The Morgan fingerprint density at radius 2 is 2.00 bits per heavy atom. The number of hydrogen-bond donors (Lipinski definition) is 1. The maximum Gasteiger partial charge on any atom is 0.135 e. The third-order valence-corrected chi connectivity index (χ3v) is 4.86. The zero-order valence-electron chi connectivity index (χ0n) is 9.79. The average Bonchev–Trinajstić information content (AvgIpc) is 3.04. The molecule has 4 heteroatoms. The van der Waals surface area contributed by atoms with Gasteiger partial charge >= 0.3 is 0 Å². The van der Waals surface area contributed by atoms with E-state index in [1.54, 1.807) is 18.4 Å². The second-order valence-corrected chi connectivity index (χ2v) is 5.80. The number of aliphatic hydroxyl groups is 1. The van der Waals surface area contributed by atoms with Gasteiger partial charge in [0.25, 0.3) is 0 Å². The zero-order chi connectivity index (χ0) is 12.5. The van der Waals surface area contributed by atoms with Gasteiger partial charge < -0.3 is 9.84 Å². The molecule has 92 valence electrons. The van der Waals surface area contributed by atoms with E-state index in [4.69, 9.17) is 4.74 Å². The molecule has 3 aromatic rings. The van der Waals surface area contributed by atoms with E-state index in [1.807, 2.05) is 35.0 Å². The van der Waals surface area contributed by atoms with Crippen molar-refractivity contribution in [1.29, 1.82) is 0 Å². The van der Waals surface area contributed by atoms with Crippen molar-refractivity contribution < 1.29 is 9.84 Å². The van der Waals surface area contributed by atoms with E-state index in [1.165, 1.54) is 16.0 Å². The highest BCUT2D eigenvalue weighted by Gasteiger charge is 2.19. The third-order valence-electron chi connectivity index (χ3n) is 2.93. The molecule has 1 unspecified atom stereocenters. The lowest BCUT2D eigenvalue weighted by molar-refractivity contribution is 0.221. The van der Waals surface area contributed by atoms with E-state index >= 15 is 0 Å². The molecule has 1 N–H and O–H groups in total. The number of rotatable bonds is 3. The van der Waals surface area contributed by atoms with Gasteiger partial charge in [-0.25, -0.2) is 0 Å². The molecule has 0 bridgehead atoms. The predicted octanol–water partition coefficient (Wildman–Crippen LogP) is 4.05. The Labute approximate surface area is 113 Å². The van der Waals surface area contributed by atoms with Crippen molar-refractivity contribution in [2.75, 3.05) is 7.11 Å². The normalized spacial score (nSPS) is 12.8. The van der Waals surface area contributed by atoms with Crippen LogP contribution in [0.5, 0.6) is 5.75 Å². The second kappa shape index (κ2) is 4.72. The van der Waals surface area contributed by atoms with Crippen LogP contribution < -0.4 is 4.74 Å². The minimum absolute atomic E-state index is 0.615. The van der Waals surface area contributed by atoms with Crippen LogP contribution >= 0.6 is 22.7 Å². The fraction of sp³-hybridized carbons (Fsp3) is 0.143. The summed E-state index contributed by atoms with van der Waals surface area (Å²) < 4.78 is 6.47. The highest BCUT2D eigenvalue weighted by atomic mass is 32.1. The molecule has 1 aromatic carbocycles. The maximum absolute atomic E-state index is 10.5. The Hall–Kier alpha value is -1.36. The van der Waals surface area contributed by atoms with E-state index in [2.05, 4.69) is 6.07 Å². The number of thiophene rings is 2. The molecule has 1 atom stereocenters. The number of ether oxygens (including phenoxy) is 1. The molecule has 0 aliphatic carbocycles. The van der Waals surface area contributed by atoms with E-state index in [9.17, 15) is 5.11 Å². The zero-order valence-corrected chi connectivity index (χ0v) is 11.4. The average molecular weight is 276 g/mol. The quantitative estimate of drug-likeness (QED) is 0.782. The van der Waals surface area contributed by atoms with Crippen molar-refractivity contribution in [1.82, 2.24) is 0 Å². The van der Waals surface area contributed by atoms with Gasteiger partial charge in [0, 0.05) is 10.3 Å². The molecule has 2 nitrogen and oxygen atoms in total. The summed E-state index contributed by atoms with van der Waals surface area (Å²) in [5, 5.41) is 15.6. The van der Waals surface area contributed by atoms with Crippen LogP contribution in [0.25, 0.3) is 10.1 Å². The molecule has 3 rings (SSSR count). The molecule has 0 fully saturated rings. The van der Waals surface area contributed by atoms with Crippen LogP contribution in [0.3, 0.4) is 0 Å². The van der Waals surface area contributed by atoms with E-state index < -0.39 is 6.10 Å². The molecule has 0 saturated heterocycles. The Bertz CT molecular complexity index is 669. The molecule has 0 aliphatic heterocycles. The van der Waals surface area contributed by atoms with Gasteiger partial charge in [-0.05, 0) is 28.3 Å². The van der Waals surface area contributed by atoms with Crippen molar-refractivity contribution in [2.45, 2.75) is 6.10 Å². The van der Waals surface area contributed by atoms with Crippen LogP contribution in [-0.2, 0) is 0 Å². The summed E-state index contributed by atoms with van der Waals surface area (Å²) in [6.07, 6.45) is -0.615. The van der Waals surface area contributed by atoms with Crippen molar-refractivity contribution >= 4 is 32.8 Å². The van der Waals surface area contributed by atoms with Gasteiger partial charge in [-0.2, -0.15) is 0 Å². The highest BCUT2D eigenvalue weighted by Crippen LogP contribution is 2.39.